The molecule has 16 heavy (non-hydrogen) atoms. The number of hydrogen-bond donors (Lipinski definition) is 0. The highest BCUT2D eigenvalue weighted by molar-refractivity contribution is 6.29. The fourth-order valence-electron chi connectivity index (χ4n) is 1.25. The van der Waals surface area contributed by atoms with Gasteiger partial charge in [-0.25, -0.2) is 4.98 Å². The molecule has 0 aliphatic carbocycles. The quantitative estimate of drug-likeness (QED) is 0.465. The SMILES string of the molecule is O=[N+]([O-])c1cn(Cc2cccc(Cl)n2)cn1. The normalized spacial score (nSPS) is 10.3. The summed E-state index contributed by atoms with van der Waals surface area (Å²) in [4.78, 5) is 17.6. The highest BCUT2D eigenvalue weighted by atomic mass is 35.5. The number of nitrogens with zero attached hydrogens (tertiary/aromatic N) is 4. The molecule has 82 valence electrons. The fourth-order valence-corrected chi connectivity index (χ4v) is 1.44. The number of nitro groups is 1. The van der Waals surface area contributed by atoms with Crippen LogP contribution in [0.25, 0.3) is 0 Å². The first-order valence-corrected chi connectivity index (χ1v) is 4.80. The van der Waals surface area contributed by atoms with Crippen molar-refractivity contribution in [3.05, 3.63) is 51.7 Å². The van der Waals surface area contributed by atoms with Crippen LogP contribution >= 0.6 is 11.6 Å². The largest absolute Gasteiger partial charge is 0.381 e. The van der Waals surface area contributed by atoms with Crippen molar-refractivity contribution in [2.24, 2.45) is 0 Å². The zero-order chi connectivity index (χ0) is 11.5. The van der Waals surface area contributed by atoms with Crippen molar-refractivity contribution in [1.29, 1.82) is 0 Å². The molecule has 0 bridgehead atoms. The molecule has 0 aliphatic heterocycles. The van der Waals surface area contributed by atoms with E-state index < -0.39 is 4.92 Å². The maximum atomic E-state index is 10.4. The van der Waals surface area contributed by atoms with E-state index in [1.807, 2.05) is 0 Å². The highest BCUT2D eigenvalue weighted by Crippen LogP contribution is 2.09. The van der Waals surface area contributed by atoms with Gasteiger partial charge in [0, 0.05) is 0 Å². The van der Waals surface area contributed by atoms with Crippen LogP contribution in [-0.4, -0.2) is 19.5 Å². The lowest BCUT2D eigenvalue weighted by Gasteiger charge is -1.99. The van der Waals surface area contributed by atoms with E-state index in [-0.39, 0.29) is 5.82 Å². The summed E-state index contributed by atoms with van der Waals surface area (Å²) in [6.45, 7) is 0.404. The van der Waals surface area contributed by atoms with Crippen molar-refractivity contribution >= 4 is 17.4 Å². The fraction of sp³-hybridized carbons (Fsp3) is 0.111. The van der Waals surface area contributed by atoms with Crippen LogP contribution in [0.3, 0.4) is 0 Å². The Morgan fingerprint density at radius 3 is 2.94 bits per heavy atom. The third kappa shape index (κ3) is 2.34. The van der Waals surface area contributed by atoms with Gasteiger partial charge in [0.05, 0.1) is 12.2 Å². The molecule has 0 fully saturated rings. The molecule has 0 saturated heterocycles. The van der Waals surface area contributed by atoms with Crippen LogP contribution in [-0.2, 0) is 6.54 Å². The lowest BCUT2D eigenvalue weighted by atomic mass is 10.3. The summed E-state index contributed by atoms with van der Waals surface area (Å²) >= 11 is 5.72. The van der Waals surface area contributed by atoms with Crippen molar-refractivity contribution in [2.75, 3.05) is 0 Å². The summed E-state index contributed by atoms with van der Waals surface area (Å²) in [7, 11) is 0. The molecular formula is C9H7ClN4O2. The molecule has 0 N–H and O–H groups in total. The predicted octanol–water partition coefficient (Wildman–Crippen LogP) is 1.89. The summed E-state index contributed by atoms with van der Waals surface area (Å²) in [6.07, 6.45) is 2.74. The smallest absolute Gasteiger partial charge is 0.358 e. The van der Waals surface area contributed by atoms with Crippen molar-refractivity contribution in [3.63, 3.8) is 0 Å². The van der Waals surface area contributed by atoms with E-state index in [1.54, 1.807) is 22.8 Å². The number of imidazole rings is 1. The third-order valence-electron chi connectivity index (χ3n) is 1.92. The molecule has 0 spiro atoms. The molecule has 0 aliphatic rings. The second-order valence-electron chi connectivity index (χ2n) is 3.11. The third-order valence-corrected chi connectivity index (χ3v) is 2.13. The molecule has 0 unspecified atom stereocenters. The molecule has 2 rings (SSSR count). The van der Waals surface area contributed by atoms with Gasteiger partial charge >= 0.3 is 5.82 Å². The van der Waals surface area contributed by atoms with Gasteiger partial charge in [0.1, 0.15) is 11.3 Å². The van der Waals surface area contributed by atoms with E-state index in [4.69, 9.17) is 11.6 Å². The molecule has 0 saturated carbocycles. The van der Waals surface area contributed by atoms with Crippen molar-refractivity contribution in [1.82, 2.24) is 14.5 Å². The van der Waals surface area contributed by atoms with Crippen LogP contribution in [0.5, 0.6) is 0 Å². The first-order chi connectivity index (χ1) is 7.65. The predicted molar refractivity (Wildman–Crippen MR) is 57.2 cm³/mol. The Morgan fingerprint density at radius 2 is 2.31 bits per heavy atom. The van der Waals surface area contributed by atoms with Gasteiger partial charge in [-0.05, 0) is 22.0 Å². The van der Waals surface area contributed by atoms with E-state index >= 15 is 0 Å². The summed E-state index contributed by atoms with van der Waals surface area (Å²) in [6, 6.07) is 5.23. The summed E-state index contributed by atoms with van der Waals surface area (Å²) in [5.74, 6) is -0.179. The second-order valence-corrected chi connectivity index (χ2v) is 3.50. The number of aromatic nitrogens is 3. The van der Waals surface area contributed by atoms with E-state index in [0.29, 0.717) is 11.7 Å². The van der Waals surface area contributed by atoms with E-state index in [9.17, 15) is 10.1 Å². The van der Waals surface area contributed by atoms with Gasteiger partial charge in [-0.15, -0.1) is 0 Å². The molecule has 6 nitrogen and oxygen atoms in total. The minimum atomic E-state index is -0.540. The molecule has 0 aromatic carbocycles. The highest BCUT2D eigenvalue weighted by Gasteiger charge is 2.09. The van der Waals surface area contributed by atoms with E-state index in [1.165, 1.54) is 12.5 Å². The molecule has 2 aromatic heterocycles. The summed E-state index contributed by atoms with van der Waals surface area (Å²) in [5.41, 5.74) is 0.722. The maximum absolute atomic E-state index is 10.4. The minimum absolute atomic E-state index is 0.179. The summed E-state index contributed by atoms with van der Waals surface area (Å²) < 4.78 is 1.58. The van der Waals surface area contributed by atoms with Crippen molar-refractivity contribution in [3.8, 4) is 0 Å². The molecular weight excluding hydrogens is 232 g/mol. The van der Waals surface area contributed by atoms with Crippen molar-refractivity contribution in [2.45, 2.75) is 6.54 Å². The van der Waals surface area contributed by atoms with Gasteiger partial charge in [-0.1, -0.05) is 17.7 Å². The van der Waals surface area contributed by atoms with Crippen LogP contribution in [0, 0.1) is 10.1 Å². The average molecular weight is 239 g/mol. The number of rotatable bonds is 3. The maximum Gasteiger partial charge on any atom is 0.381 e. The van der Waals surface area contributed by atoms with Crippen LogP contribution in [0.4, 0.5) is 5.82 Å². The Labute approximate surface area is 95.7 Å². The Kier molecular flexibility index (Phi) is 2.82. The molecule has 0 radical (unpaired) electrons. The zero-order valence-electron chi connectivity index (χ0n) is 8.08. The van der Waals surface area contributed by atoms with E-state index in [0.717, 1.165) is 5.69 Å². The average Bonchev–Trinajstić information content (AvgIpc) is 2.66. The van der Waals surface area contributed by atoms with Crippen molar-refractivity contribution < 1.29 is 4.92 Å². The molecule has 0 amide bonds. The second kappa shape index (κ2) is 4.28. The number of hydrogen-bond acceptors (Lipinski definition) is 4. The van der Waals surface area contributed by atoms with Gasteiger partial charge < -0.3 is 14.7 Å². The molecule has 2 heterocycles. The summed E-state index contributed by atoms with van der Waals surface area (Å²) in [5, 5.41) is 10.8. The standard InChI is InChI=1S/C9H7ClN4O2/c10-8-3-1-2-7(12-8)4-13-5-9(11-6-13)14(15)16/h1-3,5-6H,4H2. The van der Waals surface area contributed by atoms with E-state index in [2.05, 4.69) is 9.97 Å². The first kappa shape index (κ1) is 10.6. The zero-order valence-corrected chi connectivity index (χ0v) is 8.83. The topological polar surface area (TPSA) is 73.8 Å². The Balaban J connectivity index is 2.17. The van der Waals surface area contributed by atoms with Gasteiger partial charge in [0.15, 0.2) is 0 Å². The molecule has 0 atom stereocenters. The first-order valence-electron chi connectivity index (χ1n) is 4.43. The van der Waals surface area contributed by atoms with Gasteiger partial charge in [-0.3, -0.25) is 0 Å². The van der Waals surface area contributed by atoms with Gasteiger partial charge in [0.25, 0.3) is 0 Å². The number of halogens is 1. The lowest BCUT2D eigenvalue weighted by Crippen LogP contribution is -1.98. The van der Waals surface area contributed by atoms with Gasteiger partial charge in [-0.2, -0.15) is 0 Å². The molecule has 2 aromatic rings. The van der Waals surface area contributed by atoms with Crippen LogP contribution in [0.2, 0.25) is 5.15 Å². The Hall–Kier alpha value is -1.95. The Morgan fingerprint density at radius 1 is 1.50 bits per heavy atom. The van der Waals surface area contributed by atoms with Crippen LogP contribution < -0.4 is 0 Å². The van der Waals surface area contributed by atoms with Crippen LogP contribution in [0.15, 0.2) is 30.7 Å². The number of pyridine rings is 1. The molecule has 7 heteroatoms. The van der Waals surface area contributed by atoms with Gasteiger partial charge in [0.2, 0.25) is 6.33 Å². The van der Waals surface area contributed by atoms with Crippen LogP contribution in [0.1, 0.15) is 5.69 Å². The Bertz CT molecular complexity index is 526. The minimum Gasteiger partial charge on any atom is -0.358 e. The monoisotopic (exact) mass is 238 g/mol. The lowest BCUT2D eigenvalue weighted by molar-refractivity contribution is -0.389.